The largest absolute Gasteiger partial charge is 0.472 e. The number of amides is 1. The summed E-state index contributed by atoms with van der Waals surface area (Å²) in [6, 6.07) is 7.87. The van der Waals surface area contributed by atoms with Gasteiger partial charge in [0, 0.05) is 66.0 Å². The number of aliphatic hydroxyl groups is 1. The molecule has 3 heterocycles. The van der Waals surface area contributed by atoms with Crippen molar-refractivity contribution >= 4 is 83.2 Å². The van der Waals surface area contributed by atoms with Gasteiger partial charge in [0.15, 0.2) is 5.71 Å². The molecule has 0 bridgehead atoms. The number of benzene rings is 2. The molecule has 3 aliphatic heterocycles. The smallest absolute Gasteiger partial charge is 0.462 e. The summed E-state index contributed by atoms with van der Waals surface area (Å²) in [5.41, 5.74) is 1.18. The number of allylic oxidation sites excluding steroid dienone is 6. The number of fused-ring (bicyclic) bond motifs is 2. The summed E-state index contributed by atoms with van der Waals surface area (Å²) < 4.78 is 171. The van der Waals surface area contributed by atoms with Crippen molar-refractivity contribution in [3.8, 4) is 0 Å². The van der Waals surface area contributed by atoms with Crippen LogP contribution in [0.3, 0.4) is 0 Å². The lowest BCUT2D eigenvalue weighted by Gasteiger charge is -2.27. The van der Waals surface area contributed by atoms with E-state index >= 15 is 0 Å². The number of hydrogen-bond donors (Lipinski definition) is 7. The maximum Gasteiger partial charge on any atom is 0.472 e. The summed E-state index contributed by atoms with van der Waals surface area (Å²) in [6.45, 7) is 8.57. The van der Waals surface area contributed by atoms with Crippen molar-refractivity contribution in [2.45, 2.75) is 134 Å². The fraction of sp³-hybridized carbons (Fsp3) is 0.593. The van der Waals surface area contributed by atoms with Gasteiger partial charge >= 0.3 is 19.8 Å². The van der Waals surface area contributed by atoms with Gasteiger partial charge in [-0.1, -0.05) is 51.0 Å². The van der Waals surface area contributed by atoms with Gasteiger partial charge in [-0.3, -0.25) is 32.1 Å². The Hall–Kier alpha value is -4.79. The number of anilines is 1. The molecule has 1 fully saturated rings. The first-order chi connectivity index (χ1) is 39.5. The molecule has 3 aliphatic rings. The van der Waals surface area contributed by atoms with E-state index < -0.39 is 106 Å². The Bertz CT molecular complexity index is 3380. The molecule has 0 aliphatic carbocycles. The Morgan fingerprint density at radius 3 is 1.92 bits per heavy atom. The second-order valence-corrected chi connectivity index (χ2v) is 29.7. The average molecular weight is 1300 g/mol. The molecular formula is C54H79N3O23PS4+. The highest BCUT2D eigenvalue weighted by molar-refractivity contribution is 7.86. The molecule has 0 aromatic heterocycles. The third-order valence-corrected chi connectivity index (χ3v) is 18.5. The lowest BCUT2D eigenvalue weighted by molar-refractivity contribution is -0.437. The van der Waals surface area contributed by atoms with E-state index in [1.54, 1.807) is 73.9 Å². The van der Waals surface area contributed by atoms with Crippen LogP contribution in [0, 0.1) is 0 Å². The van der Waals surface area contributed by atoms with Crippen LogP contribution in [0.5, 0.6) is 0 Å². The van der Waals surface area contributed by atoms with Gasteiger partial charge in [-0.15, -0.1) is 0 Å². The van der Waals surface area contributed by atoms with Crippen LogP contribution < -0.4 is 10.2 Å². The molecule has 85 heavy (non-hydrogen) atoms. The highest BCUT2D eigenvalue weighted by atomic mass is 32.2. The minimum Gasteiger partial charge on any atom is -0.462 e. The lowest BCUT2D eigenvalue weighted by atomic mass is 9.78. The second-order valence-electron chi connectivity index (χ2n) is 21.9. The number of phosphoric acid groups is 1. The number of carbonyl (C=O) groups excluding carboxylic acids is 3. The molecule has 31 heteroatoms. The summed E-state index contributed by atoms with van der Waals surface area (Å²) in [4.78, 5) is 53.5. The Morgan fingerprint density at radius 1 is 0.718 bits per heavy atom. The minimum absolute atomic E-state index is 0.0139. The van der Waals surface area contributed by atoms with E-state index in [0.717, 1.165) is 0 Å². The lowest BCUT2D eigenvalue weighted by Crippen LogP contribution is -2.30. The first kappa shape index (κ1) is 71.0. The number of hydrogen-bond acceptors (Lipinski definition) is 19. The summed E-state index contributed by atoms with van der Waals surface area (Å²) >= 11 is 0. The highest BCUT2D eigenvalue weighted by Crippen LogP contribution is 2.50. The van der Waals surface area contributed by atoms with Crippen molar-refractivity contribution in [2.24, 2.45) is 0 Å². The first-order valence-electron chi connectivity index (χ1n) is 27.7. The first-order valence-corrected chi connectivity index (χ1v) is 35.6. The maximum absolute atomic E-state index is 14.0. The van der Waals surface area contributed by atoms with Crippen molar-refractivity contribution < 1.29 is 109 Å². The van der Waals surface area contributed by atoms with E-state index in [9.17, 15) is 71.7 Å². The highest BCUT2D eigenvalue weighted by Gasteiger charge is 2.48. The predicted molar refractivity (Wildman–Crippen MR) is 314 cm³/mol. The van der Waals surface area contributed by atoms with Gasteiger partial charge in [0.1, 0.15) is 12.6 Å². The monoisotopic (exact) mass is 1300 g/mol. The molecule has 5 rings (SSSR count). The Balaban J connectivity index is 1.39. The predicted octanol–water partition coefficient (Wildman–Crippen LogP) is 6.02. The molecule has 4 atom stereocenters. The minimum atomic E-state index is -4.46. The van der Waals surface area contributed by atoms with Gasteiger partial charge in [-0.05, 0) is 90.0 Å². The Kier molecular flexibility index (Phi) is 25.4. The fourth-order valence-electron chi connectivity index (χ4n) is 10.4. The molecule has 0 saturated carbocycles. The Labute approximate surface area is 497 Å². The van der Waals surface area contributed by atoms with Crippen molar-refractivity contribution in [2.75, 3.05) is 74.0 Å². The number of carbonyl (C=O) groups is 3. The number of nitrogens with zero attached hydrogens (tertiary/aromatic N) is 2. The van der Waals surface area contributed by atoms with E-state index in [-0.39, 0.29) is 107 Å². The van der Waals surface area contributed by atoms with Crippen LogP contribution in [-0.2, 0) is 79.1 Å². The van der Waals surface area contributed by atoms with Gasteiger partial charge in [0.25, 0.3) is 46.4 Å². The van der Waals surface area contributed by atoms with Gasteiger partial charge in [0.2, 0.25) is 5.69 Å². The molecule has 26 nitrogen and oxygen atoms in total. The molecule has 0 spiro atoms. The maximum atomic E-state index is 14.0. The topological polar surface area (TPSA) is 391 Å². The van der Waals surface area contributed by atoms with Crippen molar-refractivity contribution in [1.82, 2.24) is 5.32 Å². The molecule has 7 N–H and O–H groups in total. The molecule has 1 amide bonds. The number of nitrogens with one attached hydrogen (secondary N) is 1. The number of ether oxygens (including phenoxy) is 3. The molecule has 1 unspecified atom stereocenters. The van der Waals surface area contributed by atoms with E-state index in [0.29, 0.717) is 72.4 Å². The van der Waals surface area contributed by atoms with Gasteiger partial charge < -0.3 is 34.4 Å². The van der Waals surface area contributed by atoms with E-state index in [4.69, 9.17) is 32.4 Å². The number of phosphoric ester groups is 1. The van der Waals surface area contributed by atoms with Crippen LogP contribution in [-0.4, -0.2) is 177 Å². The second kappa shape index (κ2) is 30.4. The van der Waals surface area contributed by atoms with E-state index in [1.807, 2.05) is 18.7 Å². The number of esters is 2. The SMILES string of the molecule is C[C@H]1C[C@@H](O)[C@@H](COP(=O)(O)OCCCCCCNC(=O)c2cccc3c2C(C)(C)\C(=C/C=C/C=C/C2=[N+](CCCS(=O)(=O)O)c4cc(C(=O)OCCCCS(=O)(=O)O)cc(C(=O)OCCCCS(=O)(=O)O)c4C2(C)C)N3CCCS(=O)(=O)O)O1. The molecular weight excluding hydrogens is 1220 g/mol. The van der Waals surface area contributed by atoms with Gasteiger partial charge in [-0.2, -0.15) is 38.2 Å². The summed E-state index contributed by atoms with van der Waals surface area (Å²) in [5, 5.41) is 13.0. The molecule has 2 aromatic carbocycles. The number of rotatable bonds is 35. The van der Waals surface area contributed by atoms with E-state index in [2.05, 4.69) is 5.32 Å². The van der Waals surface area contributed by atoms with Crippen molar-refractivity contribution in [3.63, 3.8) is 0 Å². The third kappa shape index (κ3) is 21.8. The van der Waals surface area contributed by atoms with Gasteiger partial charge in [0.05, 0.1) is 83.8 Å². The average Bonchev–Trinajstić information content (AvgIpc) is 1.65. The normalized spacial score (nSPS) is 19.9. The molecule has 0 radical (unpaired) electrons. The van der Waals surface area contributed by atoms with Crippen LogP contribution in [0.2, 0.25) is 0 Å². The molecule has 1 saturated heterocycles. The fourth-order valence-corrected chi connectivity index (χ4v) is 13.3. The van der Waals surface area contributed by atoms with Crippen LogP contribution in [0.15, 0.2) is 66.4 Å². The van der Waals surface area contributed by atoms with Crippen LogP contribution in [0.25, 0.3) is 0 Å². The quantitative estimate of drug-likeness (QED) is 0.0103. The van der Waals surface area contributed by atoms with Crippen molar-refractivity contribution in [3.05, 3.63) is 94.2 Å². The third-order valence-electron chi connectivity index (χ3n) is 14.3. The van der Waals surface area contributed by atoms with Crippen molar-refractivity contribution in [1.29, 1.82) is 0 Å². The standard InChI is InChI=1S/C54H78N3O23PS4/c1-38-34-44(58)45(80-38)37-79-81(62,63)78-29-12-7-6-11-24-55-50(59)40-20-17-21-42-48(40)53(2,3)46(56(42)25-18-32-84(70,71)72)22-9-8-10-23-47-54(4,5)49-41(52(61)77-28-14-16-31-83(67,68)69)35-39(51(60)76-27-13-15-30-82(64,65)66)36-43(49)57(47)26-19-33-85(73,74)75/h8-10,17,20-23,35-36,38,44-45,58H,6-7,11-16,18-19,24-34,37H2,1-5H3,(H5-,55,59,62,63,64,65,66,67,68,69,70,71,72,73,74,75)/p+1/t38-,44+,45+/m0/s1. The summed E-state index contributed by atoms with van der Waals surface area (Å²) in [6.07, 6.45) is 9.32. The zero-order valence-corrected chi connectivity index (χ0v) is 52.3. The molecule has 2 aromatic rings. The zero-order valence-electron chi connectivity index (χ0n) is 48.2. The van der Waals surface area contributed by atoms with Crippen LogP contribution in [0.4, 0.5) is 11.4 Å². The van der Waals surface area contributed by atoms with Crippen LogP contribution >= 0.6 is 7.82 Å². The number of aliphatic hydroxyl groups excluding tert-OH is 1. The Morgan fingerprint density at radius 2 is 1.31 bits per heavy atom. The summed E-state index contributed by atoms with van der Waals surface area (Å²) in [5.74, 6) is -4.56. The van der Waals surface area contributed by atoms with Crippen LogP contribution in [0.1, 0.15) is 147 Å². The molecule has 476 valence electrons. The van der Waals surface area contributed by atoms with Gasteiger partial charge in [-0.25, -0.2) is 14.2 Å². The number of unbranched alkanes of at least 4 members (excludes halogenated alkanes) is 5. The zero-order chi connectivity index (χ0) is 63.2. The van der Waals surface area contributed by atoms with E-state index in [1.165, 1.54) is 12.1 Å². The summed E-state index contributed by atoms with van der Waals surface area (Å²) in [7, 11) is -21.7.